The third-order valence-electron chi connectivity index (χ3n) is 3.79. The molecule has 0 aliphatic heterocycles. The van der Waals surface area contributed by atoms with Gasteiger partial charge in [-0.1, -0.05) is 32.9 Å². The molecule has 0 radical (unpaired) electrons. The molecular formula is C15H21ClN2. The van der Waals surface area contributed by atoms with Crippen molar-refractivity contribution < 1.29 is 0 Å². The molecule has 0 saturated carbocycles. The van der Waals surface area contributed by atoms with Gasteiger partial charge >= 0.3 is 0 Å². The zero-order chi connectivity index (χ0) is 13.6. The highest BCUT2D eigenvalue weighted by Crippen LogP contribution is 2.28. The van der Waals surface area contributed by atoms with Crippen LogP contribution in [-0.2, 0) is 5.41 Å². The third-order valence-corrected chi connectivity index (χ3v) is 4.05. The van der Waals surface area contributed by atoms with Gasteiger partial charge in [0.15, 0.2) is 0 Å². The first-order chi connectivity index (χ1) is 8.25. The second-order valence-electron chi connectivity index (χ2n) is 5.97. The van der Waals surface area contributed by atoms with Crippen molar-refractivity contribution in [2.24, 2.45) is 0 Å². The van der Waals surface area contributed by atoms with Gasteiger partial charge in [0.05, 0.1) is 21.6 Å². The predicted molar refractivity (Wildman–Crippen MR) is 79.0 cm³/mol. The Morgan fingerprint density at radius 1 is 1.50 bits per heavy atom. The molecule has 0 bridgehead atoms. The standard InChI is InChI=1S/C15H21ClN2/c1-5-14(2,3)13-11(17)8-10-9-15(4,16)7-6-12(10)18-13/h6,8-9H,5,7,17H2,1-4H3. The fourth-order valence-electron chi connectivity index (χ4n) is 2.23. The minimum atomic E-state index is -0.317. The lowest BCUT2D eigenvalue weighted by Crippen LogP contribution is -2.38. The zero-order valence-corrected chi connectivity index (χ0v) is 12.3. The van der Waals surface area contributed by atoms with Crippen molar-refractivity contribution in [3.05, 3.63) is 22.3 Å². The van der Waals surface area contributed by atoms with E-state index in [9.17, 15) is 0 Å². The summed E-state index contributed by atoms with van der Waals surface area (Å²) in [6.45, 7) is 8.52. The number of rotatable bonds is 2. The van der Waals surface area contributed by atoms with Gasteiger partial charge in [-0.2, -0.15) is 0 Å². The van der Waals surface area contributed by atoms with Crippen LogP contribution in [0.2, 0.25) is 0 Å². The number of pyridine rings is 1. The molecule has 2 nitrogen and oxygen atoms in total. The van der Waals surface area contributed by atoms with Crippen LogP contribution in [0.1, 0.15) is 46.2 Å². The largest absolute Gasteiger partial charge is 0.397 e. The molecule has 1 aliphatic rings. The second-order valence-corrected chi connectivity index (χ2v) is 6.83. The Balaban J connectivity index is 2.67. The van der Waals surface area contributed by atoms with Gasteiger partial charge in [-0.05, 0) is 31.1 Å². The summed E-state index contributed by atoms with van der Waals surface area (Å²) in [6, 6.07) is 2.01. The van der Waals surface area contributed by atoms with Crippen LogP contribution in [0.25, 0.3) is 12.2 Å². The van der Waals surface area contributed by atoms with E-state index in [0.29, 0.717) is 0 Å². The smallest absolute Gasteiger partial charge is 0.0696 e. The fraction of sp³-hybridized carbons (Fsp3) is 0.533. The van der Waals surface area contributed by atoms with E-state index < -0.39 is 0 Å². The molecule has 0 fully saturated rings. The maximum atomic E-state index is 6.35. The highest BCUT2D eigenvalue weighted by molar-refractivity contribution is 6.27. The molecule has 1 aromatic heterocycles. The van der Waals surface area contributed by atoms with Gasteiger partial charge in [-0.3, -0.25) is 4.98 Å². The van der Waals surface area contributed by atoms with Crippen molar-refractivity contribution in [2.45, 2.75) is 50.8 Å². The summed E-state index contributed by atoms with van der Waals surface area (Å²) in [4.78, 5) is 4.43. The van der Waals surface area contributed by atoms with Crippen LogP contribution in [0.5, 0.6) is 0 Å². The van der Waals surface area contributed by atoms with Crippen LogP contribution in [0.3, 0.4) is 0 Å². The van der Waals surface area contributed by atoms with E-state index in [1.807, 2.05) is 13.0 Å². The average molecular weight is 265 g/mol. The molecule has 2 N–H and O–H groups in total. The van der Waals surface area contributed by atoms with Crippen molar-refractivity contribution in [1.82, 2.24) is 4.98 Å². The minimum Gasteiger partial charge on any atom is -0.397 e. The van der Waals surface area contributed by atoms with Crippen molar-refractivity contribution in [3.8, 4) is 0 Å². The summed E-state index contributed by atoms with van der Waals surface area (Å²) in [7, 11) is 0. The maximum Gasteiger partial charge on any atom is 0.0696 e. The van der Waals surface area contributed by atoms with Gasteiger partial charge in [0.25, 0.3) is 0 Å². The molecule has 98 valence electrons. The molecule has 1 aliphatic carbocycles. The highest BCUT2D eigenvalue weighted by atomic mass is 35.5. The lowest BCUT2D eigenvalue weighted by molar-refractivity contribution is 0.491. The van der Waals surface area contributed by atoms with Crippen molar-refractivity contribution >= 4 is 29.4 Å². The van der Waals surface area contributed by atoms with Crippen LogP contribution in [0.4, 0.5) is 5.69 Å². The molecule has 1 aromatic rings. The van der Waals surface area contributed by atoms with Crippen LogP contribution >= 0.6 is 11.6 Å². The van der Waals surface area contributed by atoms with Crippen LogP contribution in [-0.4, -0.2) is 9.86 Å². The molecule has 0 spiro atoms. The first-order valence-corrected chi connectivity index (χ1v) is 6.82. The van der Waals surface area contributed by atoms with Crippen LogP contribution < -0.4 is 16.3 Å². The number of fused-ring (bicyclic) bond motifs is 1. The molecule has 3 heteroatoms. The SMILES string of the molecule is CCC(C)(C)c1nc2c(cc1N)=CC(C)(Cl)CC=2. The Morgan fingerprint density at radius 3 is 2.78 bits per heavy atom. The van der Waals surface area contributed by atoms with Gasteiger partial charge in [-0.25, -0.2) is 0 Å². The van der Waals surface area contributed by atoms with E-state index in [0.717, 1.165) is 34.8 Å². The molecule has 18 heavy (non-hydrogen) atoms. The van der Waals surface area contributed by atoms with Gasteiger partial charge < -0.3 is 5.73 Å². The zero-order valence-electron chi connectivity index (χ0n) is 11.5. The molecule has 0 aromatic carbocycles. The number of alkyl halides is 1. The normalized spacial score (nSPS) is 22.9. The van der Waals surface area contributed by atoms with Gasteiger partial charge in [0, 0.05) is 5.41 Å². The van der Waals surface area contributed by atoms with Gasteiger partial charge in [0.2, 0.25) is 0 Å². The number of hydrogen-bond donors (Lipinski definition) is 1. The quantitative estimate of drug-likeness (QED) is 0.833. The number of aromatic nitrogens is 1. The fourth-order valence-corrected chi connectivity index (χ4v) is 2.42. The summed E-state index contributed by atoms with van der Waals surface area (Å²) in [5.74, 6) is 0. The van der Waals surface area contributed by atoms with Gasteiger partial charge in [0.1, 0.15) is 0 Å². The summed E-state index contributed by atoms with van der Waals surface area (Å²) in [5.41, 5.74) is 7.92. The van der Waals surface area contributed by atoms with Crippen molar-refractivity contribution in [2.75, 3.05) is 5.73 Å². The Bertz CT molecular complexity index is 585. The molecular weight excluding hydrogens is 244 g/mol. The van der Waals surface area contributed by atoms with E-state index in [-0.39, 0.29) is 10.3 Å². The molecule has 1 unspecified atom stereocenters. The molecule has 2 rings (SSSR count). The third kappa shape index (κ3) is 2.39. The van der Waals surface area contributed by atoms with E-state index in [2.05, 4.69) is 32.9 Å². The number of nitrogen functional groups attached to an aromatic ring is 1. The maximum absolute atomic E-state index is 6.35. The van der Waals surface area contributed by atoms with Crippen LogP contribution in [0, 0.1) is 0 Å². The monoisotopic (exact) mass is 264 g/mol. The van der Waals surface area contributed by atoms with E-state index in [4.69, 9.17) is 22.3 Å². The van der Waals surface area contributed by atoms with Crippen molar-refractivity contribution in [3.63, 3.8) is 0 Å². The summed E-state index contributed by atoms with van der Waals surface area (Å²) >= 11 is 6.35. The predicted octanol–water partition coefficient (Wildman–Crippen LogP) is 2.31. The Morgan fingerprint density at radius 2 is 2.17 bits per heavy atom. The number of anilines is 1. The first kappa shape index (κ1) is 13.4. The Kier molecular flexibility index (Phi) is 3.18. The molecule has 0 amide bonds. The average Bonchev–Trinajstić information content (AvgIpc) is 2.26. The summed E-state index contributed by atoms with van der Waals surface area (Å²) in [5, 5.41) is 2.06. The van der Waals surface area contributed by atoms with E-state index >= 15 is 0 Å². The minimum absolute atomic E-state index is 0.00860. The Labute approximate surface area is 114 Å². The van der Waals surface area contributed by atoms with E-state index in [1.54, 1.807) is 0 Å². The Hall–Kier alpha value is -1.02. The lowest BCUT2D eigenvalue weighted by Gasteiger charge is -2.25. The first-order valence-electron chi connectivity index (χ1n) is 6.44. The molecule has 1 atom stereocenters. The molecule has 0 saturated heterocycles. The number of hydrogen-bond acceptors (Lipinski definition) is 2. The lowest BCUT2D eigenvalue weighted by atomic mass is 9.84. The molecule has 1 heterocycles. The van der Waals surface area contributed by atoms with E-state index in [1.165, 1.54) is 0 Å². The summed E-state index contributed by atoms with van der Waals surface area (Å²) < 4.78 is 0. The van der Waals surface area contributed by atoms with Gasteiger partial charge in [-0.15, -0.1) is 11.6 Å². The van der Waals surface area contributed by atoms with Crippen molar-refractivity contribution in [1.29, 1.82) is 0 Å². The number of nitrogens with two attached hydrogens (primary N) is 1. The van der Waals surface area contributed by atoms with Crippen LogP contribution in [0.15, 0.2) is 6.07 Å². The highest BCUT2D eigenvalue weighted by Gasteiger charge is 2.24. The second kappa shape index (κ2) is 4.27. The topological polar surface area (TPSA) is 38.9 Å². The summed E-state index contributed by atoms with van der Waals surface area (Å²) in [6.07, 6.45) is 5.98. The number of nitrogens with zero attached hydrogens (tertiary/aromatic N) is 1. The number of halogens is 1.